The van der Waals surface area contributed by atoms with Crippen molar-refractivity contribution >= 4 is 15.7 Å². The van der Waals surface area contributed by atoms with Gasteiger partial charge in [0.15, 0.2) is 0 Å². The lowest BCUT2D eigenvalue weighted by Gasteiger charge is -2.28. The summed E-state index contributed by atoms with van der Waals surface area (Å²) in [7, 11) is -2.81. The van der Waals surface area contributed by atoms with E-state index in [0.717, 1.165) is 25.9 Å². The van der Waals surface area contributed by atoms with Gasteiger partial charge in [-0.1, -0.05) is 0 Å². The van der Waals surface area contributed by atoms with Crippen LogP contribution in [-0.2, 0) is 14.6 Å². The molecule has 0 radical (unpaired) electrons. The standard InChI is InChI=1S/C12H22N2O3S/c15-12(14-6-2-1-3-7-14)10-13-11-4-8-18(16,17)9-5-11/h11,13H,1-10H2. The number of carbonyl (C=O) groups is 1. The summed E-state index contributed by atoms with van der Waals surface area (Å²) >= 11 is 0. The smallest absolute Gasteiger partial charge is 0.236 e. The summed E-state index contributed by atoms with van der Waals surface area (Å²) < 4.78 is 22.6. The van der Waals surface area contributed by atoms with Crippen LogP contribution in [0, 0.1) is 0 Å². The molecular weight excluding hydrogens is 252 g/mol. The maximum atomic E-state index is 11.9. The van der Waals surface area contributed by atoms with Gasteiger partial charge in [0.2, 0.25) is 5.91 Å². The number of nitrogens with one attached hydrogen (secondary N) is 1. The molecule has 6 heteroatoms. The Kier molecular flexibility index (Phi) is 4.61. The number of nitrogens with zero attached hydrogens (tertiary/aromatic N) is 1. The summed E-state index contributed by atoms with van der Waals surface area (Å²) in [5, 5.41) is 3.20. The first-order valence-corrected chi connectivity index (χ1v) is 8.60. The van der Waals surface area contributed by atoms with Crippen molar-refractivity contribution in [2.75, 3.05) is 31.1 Å². The van der Waals surface area contributed by atoms with Gasteiger partial charge in [0.1, 0.15) is 9.84 Å². The Balaban J connectivity index is 1.70. The van der Waals surface area contributed by atoms with Crippen molar-refractivity contribution in [1.29, 1.82) is 0 Å². The zero-order valence-electron chi connectivity index (χ0n) is 10.7. The fraction of sp³-hybridized carbons (Fsp3) is 0.917. The molecule has 0 saturated carbocycles. The summed E-state index contributed by atoms with van der Waals surface area (Å²) in [6, 6.07) is 0.183. The third kappa shape index (κ3) is 3.95. The van der Waals surface area contributed by atoms with Gasteiger partial charge in [0, 0.05) is 19.1 Å². The highest BCUT2D eigenvalue weighted by molar-refractivity contribution is 7.91. The Morgan fingerprint density at radius 2 is 1.72 bits per heavy atom. The first kappa shape index (κ1) is 13.8. The van der Waals surface area contributed by atoms with Crippen LogP contribution in [-0.4, -0.2) is 56.4 Å². The van der Waals surface area contributed by atoms with Crippen molar-refractivity contribution in [3.63, 3.8) is 0 Å². The molecule has 18 heavy (non-hydrogen) atoms. The summed E-state index contributed by atoms with van der Waals surface area (Å²) in [5.74, 6) is 0.661. The van der Waals surface area contributed by atoms with Crippen LogP contribution in [0.2, 0.25) is 0 Å². The van der Waals surface area contributed by atoms with Crippen LogP contribution in [0.4, 0.5) is 0 Å². The highest BCUT2D eigenvalue weighted by Gasteiger charge is 2.24. The van der Waals surface area contributed by atoms with Crippen LogP contribution < -0.4 is 5.32 Å². The average molecular weight is 274 g/mol. The van der Waals surface area contributed by atoms with Crippen molar-refractivity contribution < 1.29 is 13.2 Å². The van der Waals surface area contributed by atoms with E-state index >= 15 is 0 Å². The van der Waals surface area contributed by atoms with E-state index in [0.29, 0.717) is 19.4 Å². The van der Waals surface area contributed by atoms with E-state index in [2.05, 4.69) is 5.32 Å². The number of hydrogen-bond donors (Lipinski definition) is 1. The Hall–Kier alpha value is -0.620. The number of piperidine rings is 1. The second-order valence-corrected chi connectivity index (χ2v) is 7.55. The molecule has 5 nitrogen and oxygen atoms in total. The van der Waals surface area contributed by atoms with Gasteiger partial charge in [-0.15, -0.1) is 0 Å². The number of likely N-dealkylation sites (tertiary alicyclic amines) is 1. The van der Waals surface area contributed by atoms with Crippen LogP contribution in [0.3, 0.4) is 0 Å². The van der Waals surface area contributed by atoms with Crippen LogP contribution in [0.15, 0.2) is 0 Å². The number of hydrogen-bond acceptors (Lipinski definition) is 4. The lowest BCUT2D eigenvalue weighted by molar-refractivity contribution is -0.131. The molecule has 2 saturated heterocycles. The molecule has 0 aliphatic carbocycles. The number of rotatable bonds is 3. The van der Waals surface area contributed by atoms with Gasteiger partial charge in [-0.2, -0.15) is 0 Å². The lowest BCUT2D eigenvalue weighted by atomic mass is 10.1. The zero-order chi connectivity index (χ0) is 13.0. The molecule has 0 aromatic heterocycles. The van der Waals surface area contributed by atoms with Gasteiger partial charge in [-0.05, 0) is 32.1 Å². The van der Waals surface area contributed by atoms with E-state index in [-0.39, 0.29) is 23.5 Å². The predicted octanol–water partition coefficient (Wildman–Crippen LogP) is 0.166. The largest absolute Gasteiger partial charge is 0.342 e. The van der Waals surface area contributed by atoms with Gasteiger partial charge in [-0.25, -0.2) is 8.42 Å². The van der Waals surface area contributed by atoms with Crippen molar-refractivity contribution in [2.45, 2.75) is 38.1 Å². The third-order valence-corrected chi connectivity index (χ3v) is 5.52. The molecule has 1 amide bonds. The van der Waals surface area contributed by atoms with Crippen LogP contribution in [0.1, 0.15) is 32.1 Å². The van der Waals surface area contributed by atoms with E-state index in [1.165, 1.54) is 6.42 Å². The molecule has 2 rings (SSSR count). The number of carbonyl (C=O) groups excluding carboxylic acids is 1. The second kappa shape index (κ2) is 6.02. The van der Waals surface area contributed by atoms with Crippen molar-refractivity contribution in [2.24, 2.45) is 0 Å². The molecule has 0 aromatic rings. The summed E-state index contributed by atoms with van der Waals surface area (Å²) in [6.07, 6.45) is 4.70. The topological polar surface area (TPSA) is 66.5 Å². The predicted molar refractivity (Wildman–Crippen MR) is 70.1 cm³/mol. The molecule has 1 N–H and O–H groups in total. The Morgan fingerprint density at radius 3 is 2.33 bits per heavy atom. The first-order valence-electron chi connectivity index (χ1n) is 6.78. The molecule has 0 bridgehead atoms. The lowest BCUT2D eigenvalue weighted by Crippen LogP contribution is -2.45. The van der Waals surface area contributed by atoms with Gasteiger partial charge in [-0.3, -0.25) is 4.79 Å². The third-order valence-electron chi connectivity index (χ3n) is 3.81. The van der Waals surface area contributed by atoms with Crippen LogP contribution in [0.5, 0.6) is 0 Å². The van der Waals surface area contributed by atoms with Crippen LogP contribution in [0.25, 0.3) is 0 Å². The fourth-order valence-electron chi connectivity index (χ4n) is 2.58. The molecule has 2 fully saturated rings. The van der Waals surface area contributed by atoms with Gasteiger partial charge in [0.25, 0.3) is 0 Å². The van der Waals surface area contributed by atoms with Gasteiger partial charge < -0.3 is 10.2 Å². The molecule has 104 valence electrons. The number of sulfone groups is 1. The SMILES string of the molecule is O=C(CNC1CCS(=O)(=O)CC1)N1CCCCC1. The summed E-state index contributed by atoms with van der Waals surface area (Å²) in [5.41, 5.74) is 0. The minimum Gasteiger partial charge on any atom is -0.342 e. The summed E-state index contributed by atoms with van der Waals surface area (Å²) in [6.45, 7) is 2.10. The monoisotopic (exact) mass is 274 g/mol. The summed E-state index contributed by atoms with van der Waals surface area (Å²) in [4.78, 5) is 13.8. The van der Waals surface area contributed by atoms with Gasteiger partial charge >= 0.3 is 0 Å². The van der Waals surface area contributed by atoms with E-state index in [1.807, 2.05) is 4.90 Å². The Bertz CT molecular complexity index is 374. The quantitative estimate of drug-likeness (QED) is 0.796. The highest BCUT2D eigenvalue weighted by Crippen LogP contribution is 2.12. The maximum absolute atomic E-state index is 11.9. The minimum atomic E-state index is -2.81. The Morgan fingerprint density at radius 1 is 1.11 bits per heavy atom. The van der Waals surface area contributed by atoms with E-state index in [4.69, 9.17) is 0 Å². The highest BCUT2D eigenvalue weighted by atomic mass is 32.2. The van der Waals surface area contributed by atoms with Crippen molar-refractivity contribution in [3.8, 4) is 0 Å². The molecule has 0 atom stereocenters. The molecule has 2 aliphatic heterocycles. The normalized spacial score (nSPS) is 25.0. The van der Waals surface area contributed by atoms with Crippen LogP contribution >= 0.6 is 0 Å². The molecule has 0 spiro atoms. The fourth-order valence-corrected chi connectivity index (χ4v) is 4.07. The van der Waals surface area contributed by atoms with Crippen molar-refractivity contribution in [1.82, 2.24) is 10.2 Å². The Labute approximate surface area is 109 Å². The molecule has 0 unspecified atom stereocenters. The maximum Gasteiger partial charge on any atom is 0.236 e. The average Bonchev–Trinajstić information content (AvgIpc) is 2.38. The molecule has 0 aromatic carbocycles. The molecular formula is C12H22N2O3S. The van der Waals surface area contributed by atoms with E-state index in [9.17, 15) is 13.2 Å². The van der Waals surface area contributed by atoms with E-state index in [1.54, 1.807) is 0 Å². The van der Waals surface area contributed by atoms with E-state index < -0.39 is 9.84 Å². The zero-order valence-corrected chi connectivity index (χ0v) is 11.5. The first-order chi connectivity index (χ1) is 8.57. The van der Waals surface area contributed by atoms with Gasteiger partial charge in [0.05, 0.1) is 18.1 Å². The molecule has 2 aliphatic rings. The number of amides is 1. The van der Waals surface area contributed by atoms with Crippen molar-refractivity contribution in [3.05, 3.63) is 0 Å². The molecule has 2 heterocycles. The second-order valence-electron chi connectivity index (χ2n) is 5.25. The minimum absolute atomic E-state index is 0.156.